The number of nitrogens with one attached hydrogen (secondary N) is 1. The van der Waals surface area contributed by atoms with Crippen molar-refractivity contribution in [1.82, 2.24) is 10.3 Å². The molecule has 4 nitrogen and oxygen atoms in total. The minimum absolute atomic E-state index is 0.0283. The van der Waals surface area contributed by atoms with Crippen LogP contribution in [0.2, 0.25) is 0 Å². The Labute approximate surface area is 114 Å². The molecule has 1 fully saturated rings. The molecule has 104 valence electrons. The quantitative estimate of drug-likeness (QED) is 0.814. The Morgan fingerprint density at radius 1 is 1.42 bits per heavy atom. The van der Waals surface area contributed by atoms with Crippen molar-refractivity contribution in [1.29, 1.82) is 0 Å². The van der Waals surface area contributed by atoms with E-state index in [-0.39, 0.29) is 17.9 Å². The summed E-state index contributed by atoms with van der Waals surface area (Å²) in [7, 11) is 0. The molecular formula is C15H23N3O. The van der Waals surface area contributed by atoms with E-state index in [4.69, 9.17) is 5.73 Å². The van der Waals surface area contributed by atoms with E-state index >= 15 is 0 Å². The van der Waals surface area contributed by atoms with Gasteiger partial charge in [0, 0.05) is 24.5 Å². The monoisotopic (exact) mass is 261 g/mol. The summed E-state index contributed by atoms with van der Waals surface area (Å²) in [5.41, 5.74) is 7.77. The second kappa shape index (κ2) is 6.66. The van der Waals surface area contributed by atoms with Crippen molar-refractivity contribution in [3.63, 3.8) is 0 Å². The van der Waals surface area contributed by atoms with Crippen LogP contribution in [0.3, 0.4) is 0 Å². The van der Waals surface area contributed by atoms with Gasteiger partial charge < -0.3 is 11.1 Å². The molecule has 0 radical (unpaired) electrons. The lowest BCUT2D eigenvalue weighted by Crippen LogP contribution is -2.42. The summed E-state index contributed by atoms with van der Waals surface area (Å²) in [5, 5.41) is 3.51. The first-order chi connectivity index (χ1) is 9.18. The highest BCUT2D eigenvalue weighted by molar-refractivity contribution is 5.77. The highest BCUT2D eigenvalue weighted by Gasteiger charge is 2.27. The van der Waals surface area contributed by atoms with Gasteiger partial charge in [0.25, 0.3) is 0 Å². The third-order valence-electron chi connectivity index (χ3n) is 4.05. The number of nitrogens with zero attached hydrogens (tertiary/aromatic N) is 1. The van der Waals surface area contributed by atoms with E-state index in [1.165, 1.54) is 18.4 Å². The average molecular weight is 261 g/mol. The van der Waals surface area contributed by atoms with E-state index < -0.39 is 0 Å². The normalized spacial score (nSPS) is 23.8. The van der Waals surface area contributed by atoms with Gasteiger partial charge in [-0.2, -0.15) is 0 Å². The molecule has 0 unspecified atom stereocenters. The Morgan fingerprint density at radius 3 is 2.95 bits per heavy atom. The second-order valence-electron chi connectivity index (χ2n) is 5.38. The molecule has 1 saturated carbocycles. The van der Waals surface area contributed by atoms with Gasteiger partial charge in [-0.1, -0.05) is 25.3 Å². The zero-order valence-electron chi connectivity index (χ0n) is 11.6. The van der Waals surface area contributed by atoms with Crippen LogP contribution in [0.5, 0.6) is 0 Å². The minimum Gasteiger partial charge on any atom is -0.369 e. The Balaban J connectivity index is 1.99. The molecule has 1 amide bonds. The van der Waals surface area contributed by atoms with Crippen molar-refractivity contribution in [3.8, 4) is 0 Å². The fourth-order valence-corrected chi connectivity index (χ4v) is 2.84. The summed E-state index contributed by atoms with van der Waals surface area (Å²) in [6.07, 6.45) is 7.24. The molecule has 1 aromatic heterocycles. The van der Waals surface area contributed by atoms with Crippen LogP contribution in [0.25, 0.3) is 0 Å². The highest BCUT2D eigenvalue weighted by atomic mass is 16.1. The van der Waals surface area contributed by atoms with Crippen molar-refractivity contribution in [2.45, 2.75) is 51.6 Å². The van der Waals surface area contributed by atoms with Gasteiger partial charge in [0.1, 0.15) is 0 Å². The fraction of sp³-hybridized carbons (Fsp3) is 0.600. The van der Waals surface area contributed by atoms with E-state index in [1.54, 1.807) is 6.20 Å². The lowest BCUT2D eigenvalue weighted by molar-refractivity contribution is -0.122. The number of pyridine rings is 1. The Hall–Kier alpha value is -1.42. The van der Waals surface area contributed by atoms with Crippen molar-refractivity contribution < 1.29 is 4.79 Å². The standard InChI is InChI=1S/C15H23N3O/c1-11-12(6-5-9-17-11)10-18-14-8-4-2-3-7-13(14)15(16)19/h5-6,9,13-14,18H,2-4,7-8,10H2,1H3,(H2,16,19)/t13-,14+/m0/s1. The molecule has 3 N–H and O–H groups in total. The molecule has 0 spiro atoms. The SMILES string of the molecule is Cc1ncccc1CN[C@@H]1CCCCC[C@@H]1C(N)=O. The molecule has 1 heterocycles. The van der Waals surface area contributed by atoms with E-state index in [0.717, 1.165) is 31.5 Å². The van der Waals surface area contributed by atoms with Crippen molar-refractivity contribution in [2.24, 2.45) is 11.7 Å². The number of rotatable bonds is 4. The number of hydrogen-bond acceptors (Lipinski definition) is 3. The number of hydrogen-bond donors (Lipinski definition) is 2. The summed E-state index contributed by atoms with van der Waals surface area (Å²) in [5.74, 6) is -0.193. The average Bonchev–Trinajstić information content (AvgIpc) is 2.63. The van der Waals surface area contributed by atoms with Crippen molar-refractivity contribution >= 4 is 5.91 Å². The lowest BCUT2D eigenvalue weighted by Gasteiger charge is -2.24. The molecule has 4 heteroatoms. The van der Waals surface area contributed by atoms with Crippen LogP contribution >= 0.6 is 0 Å². The molecule has 1 aliphatic carbocycles. The van der Waals surface area contributed by atoms with Gasteiger partial charge in [-0.05, 0) is 31.4 Å². The van der Waals surface area contributed by atoms with Gasteiger partial charge in [-0.3, -0.25) is 9.78 Å². The number of carbonyl (C=O) groups excluding carboxylic acids is 1. The molecule has 2 atom stereocenters. The first kappa shape index (κ1) is 14.0. The molecule has 0 saturated heterocycles. The van der Waals surface area contributed by atoms with Crippen LogP contribution in [0.4, 0.5) is 0 Å². The predicted molar refractivity (Wildman–Crippen MR) is 75.4 cm³/mol. The number of aryl methyl sites for hydroxylation is 1. The lowest BCUT2D eigenvalue weighted by atomic mass is 9.94. The summed E-state index contributed by atoms with van der Waals surface area (Å²) >= 11 is 0. The number of aromatic nitrogens is 1. The maximum absolute atomic E-state index is 11.6. The van der Waals surface area contributed by atoms with Crippen molar-refractivity contribution in [2.75, 3.05) is 0 Å². The van der Waals surface area contributed by atoms with Gasteiger partial charge in [0.05, 0.1) is 5.92 Å². The highest BCUT2D eigenvalue weighted by Crippen LogP contribution is 2.23. The fourth-order valence-electron chi connectivity index (χ4n) is 2.84. The van der Waals surface area contributed by atoms with E-state index in [9.17, 15) is 4.79 Å². The van der Waals surface area contributed by atoms with Crippen molar-refractivity contribution in [3.05, 3.63) is 29.6 Å². The summed E-state index contributed by atoms with van der Waals surface area (Å²) in [6, 6.07) is 4.23. The third-order valence-corrected chi connectivity index (χ3v) is 4.05. The van der Waals surface area contributed by atoms with Crippen LogP contribution < -0.4 is 11.1 Å². The molecule has 0 aromatic carbocycles. The first-order valence-electron chi connectivity index (χ1n) is 7.11. The summed E-state index contributed by atoms with van der Waals surface area (Å²) < 4.78 is 0. The second-order valence-corrected chi connectivity index (χ2v) is 5.38. The molecule has 1 aliphatic rings. The maximum Gasteiger partial charge on any atom is 0.222 e. The van der Waals surface area contributed by atoms with E-state index in [2.05, 4.69) is 16.4 Å². The molecule has 1 aromatic rings. The number of nitrogens with two attached hydrogens (primary N) is 1. The van der Waals surface area contributed by atoms with Gasteiger partial charge in [0.2, 0.25) is 5.91 Å². The molecular weight excluding hydrogens is 238 g/mol. The van der Waals surface area contributed by atoms with Crippen LogP contribution in [-0.2, 0) is 11.3 Å². The van der Waals surface area contributed by atoms with Crippen LogP contribution in [-0.4, -0.2) is 16.9 Å². The smallest absolute Gasteiger partial charge is 0.222 e. The topological polar surface area (TPSA) is 68.0 Å². The minimum atomic E-state index is -0.165. The Kier molecular flexibility index (Phi) is 4.91. The largest absolute Gasteiger partial charge is 0.369 e. The van der Waals surface area contributed by atoms with Crippen LogP contribution in [0.15, 0.2) is 18.3 Å². The number of amides is 1. The van der Waals surface area contributed by atoms with Gasteiger partial charge in [-0.25, -0.2) is 0 Å². The van der Waals surface area contributed by atoms with Gasteiger partial charge in [-0.15, -0.1) is 0 Å². The molecule has 0 bridgehead atoms. The van der Waals surface area contributed by atoms with E-state index in [1.807, 2.05) is 13.0 Å². The number of carbonyl (C=O) groups is 1. The Morgan fingerprint density at radius 2 is 2.21 bits per heavy atom. The third kappa shape index (κ3) is 3.77. The zero-order valence-corrected chi connectivity index (χ0v) is 11.6. The Bertz CT molecular complexity index is 433. The van der Waals surface area contributed by atoms with Crippen LogP contribution in [0.1, 0.15) is 43.4 Å². The summed E-state index contributed by atoms with van der Waals surface area (Å²) in [6.45, 7) is 2.77. The molecule has 2 rings (SSSR count). The van der Waals surface area contributed by atoms with E-state index in [0.29, 0.717) is 0 Å². The molecule has 19 heavy (non-hydrogen) atoms. The zero-order chi connectivity index (χ0) is 13.7. The van der Waals surface area contributed by atoms with Gasteiger partial charge >= 0.3 is 0 Å². The van der Waals surface area contributed by atoms with Gasteiger partial charge in [0.15, 0.2) is 0 Å². The first-order valence-corrected chi connectivity index (χ1v) is 7.11. The number of primary amides is 1. The van der Waals surface area contributed by atoms with Crippen LogP contribution in [0, 0.1) is 12.8 Å². The maximum atomic E-state index is 11.6. The molecule has 0 aliphatic heterocycles. The predicted octanol–water partition coefficient (Wildman–Crippen LogP) is 1.91. The summed E-state index contributed by atoms with van der Waals surface area (Å²) in [4.78, 5) is 15.8.